The Kier molecular flexibility index (Phi) is 7.55. The van der Waals surface area contributed by atoms with Crippen LogP contribution in [0.25, 0.3) is 5.65 Å². The molecule has 9 nitrogen and oxygen atoms in total. The minimum atomic E-state index is -2.72. The van der Waals surface area contributed by atoms with E-state index in [1.165, 1.54) is 18.5 Å². The number of hydrogen-bond donors (Lipinski definition) is 2. The number of alkyl halides is 2. The van der Waals surface area contributed by atoms with Crippen molar-refractivity contribution in [1.82, 2.24) is 30.2 Å². The van der Waals surface area contributed by atoms with E-state index in [4.69, 9.17) is 4.98 Å². The van der Waals surface area contributed by atoms with Gasteiger partial charge in [-0.25, -0.2) is 18.3 Å². The Morgan fingerprint density at radius 1 is 1.15 bits per heavy atom. The molecule has 3 heterocycles. The van der Waals surface area contributed by atoms with Gasteiger partial charge in [0.2, 0.25) is 11.8 Å². The smallest absolute Gasteiger partial charge is 0.254 e. The minimum absolute atomic E-state index is 0.00215. The first-order valence-electron chi connectivity index (χ1n) is 13.5. The van der Waals surface area contributed by atoms with Crippen molar-refractivity contribution in [3.05, 3.63) is 59.3 Å². The lowest BCUT2D eigenvalue weighted by molar-refractivity contribution is -0.122. The summed E-state index contributed by atoms with van der Waals surface area (Å²) in [7, 11) is 0. The fourth-order valence-electron chi connectivity index (χ4n) is 5.33. The molecule has 5 rings (SSSR count). The number of halogens is 2. The normalized spacial score (nSPS) is 18.7. The van der Waals surface area contributed by atoms with Crippen LogP contribution in [0.2, 0.25) is 0 Å². The molecule has 0 aromatic carbocycles. The van der Waals surface area contributed by atoms with E-state index in [0.717, 1.165) is 24.8 Å². The highest BCUT2D eigenvalue weighted by atomic mass is 19.3. The average Bonchev–Trinajstić information content (AvgIpc) is 3.68. The molecule has 39 heavy (non-hydrogen) atoms. The molecular formula is C28H31F2N7O2. The summed E-state index contributed by atoms with van der Waals surface area (Å²) in [5, 5.41) is 20.0. The Morgan fingerprint density at radius 2 is 1.90 bits per heavy atom. The zero-order chi connectivity index (χ0) is 27.6. The Hall–Kier alpha value is -3.94. The monoisotopic (exact) mass is 535 g/mol. The van der Waals surface area contributed by atoms with Crippen LogP contribution in [0.15, 0.2) is 36.9 Å². The molecule has 0 spiro atoms. The average molecular weight is 536 g/mol. The molecule has 0 aliphatic heterocycles. The Bertz CT molecular complexity index is 1400. The first-order chi connectivity index (χ1) is 18.8. The first kappa shape index (κ1) is 26.7. The Labute approximate surface area is 225 Å². The van der Waals surface area contributed by atoms with Gasteiger partial charge in [0.25, 0.3) is 5.91 Å². The van der Waals surface area contributed by atoms with Crippen LogP contribution in [0.1, 0.15) is 97.6 Å². The number of nitriles is 1. The summed E-state index contributed by atoms with van der Waals surface area (Å²) in [5.74, 6) is -3.15. The molecule has 2 saturated carbocycles. The highest BCUT2D eigenvalue weighted by Crippen LogP contribution is 2.42. The topological polar surface area (TPSA) is 125 Å². The number of imidazole rings is 1. The van der Waals surface area contributed by atoms with E-state index in [1.807, 2.05) is 19.1 Å². The number of hydrogen-bond acceptors (Lipinski definition) is 6. The van der Waals surface area contributed by atoms with Gasteiger partial charge < -0.3 is 10.6 Å². The largest absolute Gasteiger partial charge is 0.349 e. The fourth-order valence-corrected chi connectivity index (χ4v) is 5.33. The molecule has 2 amide bonds. The molecule has 2 aliphatic rings. The summed E-state index contributed by atoms with van der Waals surface area (Å²) in [6.45, 7) is 1.96. The van der Waals surface area contributed by atoms with Crippen LogP contribution in [0.5, 0.6) is 0 Å². The third kappa shape index (κ3) is 6.05. The van der Waals surface area contributed by atoms with Crippen molar-refractivity contribution in [2.24, 2.45) is 11.8 Å². The van der Waals surface area contributed by atoms with Gasteiger partial charge in [0, 0.05) is 31.7 Å². The molecule has 3 aromatic rings. The van der Waals surface area contributed by atoms with E-state index < -0.39 is 17.9 Å². The number of rotatable bonds is 9. The fraction of sp³-hybridized carbons (Fsp3) is 0.500. The third-order valence-corrected chi connectivity index (χ3v) is 7.63. The molecule has 2 fully saturated rings. The van der Waals surface area contributed by atoms with Gasteiger partial charge in [-0.1, -0.05) is 6.92 Å². The molecule has 3 aromatic heterocycles. The molecular weight excluding hydrogens is 504 g/mol. The maximum absolute atomic E-state index is 14.0. The second kappa shape index (κ2) is 11.0. The summed E-state index contributed by atoms with van der Waals surface area (Å²) in [6, 6.07) is 4.53. The van der Waals surface area contributed by atoms with E-state index in [0.29, 0.717) is 23.7 Å². The van der Waals surface area contributed by atoms with Crippen molar-refractivity contribution in [3.63, 3.8) is 0 Å². The predicted molar refractivity (Wildman–Crippen MR) is 138 cm³/mol. The lowest BCUT2D eigenvalue weighted by Crippen LogP contribution is -2.37. The van der Waals surface area contributed by atoms with Gasteiger partial charge in [0.05, 0.1) is 41.3 Å². The lowest BCUT2D eigenvalue weighted by Gasteiger charge is -2.33. The van der Waals surface area contributed by atoms with Crippen LogP contribution in [-0.4, -0.2) is 37.3 Å². The van der Waals surface area contributed by atoms with Crippen LogP contribution in [0, 0.1) is 23.2 Å². The van der Waals surface area contributed by atoms with Gasteiger partial charge >= 0.3 is 0 Å². The van der Waals surface area contributed by atoms with Crippen molar-refractivity contribution in [3.8, 4) is 6.07 Å². The SMILES string of the molecule is CCCC(=O)N[C@@H](c1cnn2cc([C@@H](NC(=O)c3cnccc3C#N)C3CCC(F)(F)CC3)nc2c1)C1CC1. The Morgan fingerprint density at radius 3 is 2.59 bits per heavy atom. The number of pyridine rings is 1. The van der Waals surface area contributed by atoms with E-state index in [2.05, 4.69) is 20.7 Å². The number of nitrogens with one attached hydrogen (secondary N) is 2. The molecule has 0 unspecified atom stereocenters. The number of amides is 2. The quantitative estimate of drug-likeness (QED) is 0.411. The van der Waals surface area contributed by atoms with Crippen LogP contribution in [-0.2, 0) is 4.79 Å². The molecule has 0 radical (unpaired) electrons. The summed E-state index contributed by atoms with van der Waals surface area (Å²) >= 11 is 0. The summed E-state index contributed by atoms with van der Waals surface area (Å²) < 4.78 is 29.5. The minimum Gasteiger partial charge on any atom is -0.349 e. The molecule has 2 N–H and O–H groups in total. The van der Waals surface area contributed by atoms with Crippen molar-refractivity contribution >= 4 is 17.5 Å². The standard InChI is InChI=1S/C28H31F2N7O2/c1-2-3-24(38)35-25(17-4-5-17)20-12-23-34-22(16-37(23)33-14-20)26(18-6-9-28(29,30)10-7-18)36-27(39)21-15-32-11-8-19(21)13-31/h8,11-12,14-18,25-26H,2-7,9-10H2,1H3,(H,35,38)(H,36,39)/t25-,26+/m1/s1. The van der Waals surface area contributed by atoms with Crippen LogP contribution < -0.4 is 10.6 Å². The highest BCUT2D eigenvalue weighted by molar-refractivity contribution is 5.96. The van der Waals surface area contributed by atoms with Crippen molar-refractivity contribution in [2.75, 3.05) is 0 Å². The van der Waals surface area contributed by atoms with Crippen LogP contribution >= 0.6 is 0 Å². The second-order valence-electron chi connectivity index (χ2n) is 10.6. The third-order valence-electron chi connectivity index (χ3n) is 7.63. The molecule has 2 atom stereocenters. The van der Waals surface area contributed by atoms with Gasteiger partial charge in [-0.05, 0) is 61.6 Å². The summed E-state index contributed by atoms with van der Waals surface area (Å²) in [6.07, 6.45) is 9.35. The van der Waals surface area contributed by atoms with Gasteiger partial charge in [0.1, 0.15) is 6.07 Å². The summed E-state index contributed by atoms with van der Waals surface area (Å²) in [5.41, 5.74) is 2.19. The molecule has 0 bridgehead atoms. The molecule has 0 saturated heterocycles. The van der Waals surface area contributed by atoms with E-state index >= 15 is 0 Å². The molecule has 204 valence electrons. The molecule has 11 heteroatoms. The first-order valence-corrected chi connectivity index (χ1v) is 13.5. The van der Waals surface area contributed by atoms with Crippen molar-refractivity contribution < 1.29 is 18.4 Å². The van der Waals surface area contributed by atoms with Crippen molar-refractivity contribution in [2.45, 2.75) is 76.3 Å². The van der Waals surface area contributed by atoms with Gasteiger partial charge in [0.15, 0.2) is 5.65 Å². The van der Waals surface area contributed by atoms with Gasteiger partial charge in [-0.3, -0.25) is 14.6 Å². The number of fused-ring (bicyclic) bond motifs is 1. The van der Waals surface area contributed by atoms with Gasteiger partial charge in [-0.15, -0.1) is 0 Å². The Balaban J connectivity index is 1.45. The number of carbonyl (C=O) groups is 2. The number of carbonyl (C=O) groups excluding carboxylic acids is 2. The van der Waals surface area contributed by atoms with E-state index in [-0.39, 0.29) is 54.7 Å². The zero-order valence-electron chi connectivity index (χ0n) is 21.7. The van der Waals surface area contributed by atoms with Crippen LogP contribution in [0.3, 0.4) is 0 Å². The molecule has 2 aliphatic carbocycles. The lowest BCUT2D eigenvalue weighted by atomic mass is 9.81. The predicted octanol–water partition coefficient (Wildman–Crippen LogP) is 4.66. The maximum atomic E-state index is 14.0. The van der Waals surface area contributed by atoms with E-state index in [1.54, 1.807) is 16.9 Å². The maximum Gasteiger partial charge on any atom is 0.254 e. The zero-order valence-corrected chi connectivity index (χ0v) is 21.7. The number of aromatic nitrogens is 4. The van der Waals surface area contributed by atoms with Gasteiger partial charge in [-0.2, -0.15) is 10.4 Å². The second-order valence-corrected chi connectivity index (χ2v) is 10.6. The van der Waals surface area contributed by atoms with E-state index in [9.17, 15) is 23.6 Å². The highest BCUT2D eigenvalue weighted by Gasteiger charge is 2.40. The van der Waals surface area contributed by atoms with Crippen LogP contribution in [0.4, 0.5) is 8.78 Å². The number of nitrogens with zero attached hydrogens (tertiary/aromatic N) is 5. The summed E-state index contributed by atoms with van der Waals surface area (Å²) in [4.78, 5) is 34.3. The van der Waals surface area contributed by atoms with Crippen molar-refractivity contribution in [1.29, 1.82) is 5.26 Å².